The third kappa shape index (κ3) is 2.69. The second-order valence-electron chi connectivity index (χ2n) is 8.02. The molecule has 2 heteroatoms. The van der Waals surface area contributed by atoms with Crippen LogP contribution in [0.15, 0.2) is 54.6 Å². The Morgan fingerprint density at radius 2 is 1.67 bits per heavy atom. The molecule has 0 aliphatic carbocycles. The third-order valence-corrected chi connectivity index (χ3v) is 6.72. The molecule has 0 fully saturated rings. The molecule has 0 N–H and O–H groups in total. The molecule has 2 nitrogen and oxygen atoms in total. The first-order valence-electron chi connectivity index (χ1n) is 10.6. The summed E-state index contributed by atoms with van der Waals surface area (Å²) in [5.41, 5.74) is 7.21. The molecular weight excluding hydrogens is 328 g/mol. The molecular formula is C25H32N2. The minimum Gasteiger partial charge on any atom is -0.349 e. The van der Waals surface area contributed by atoms with Gasteiger partial charge in [0.25, 0.3) is 0 Å². The van der Waals surface area contributed by atoms with Gasteiger partial charge in [0.05, 0.1) is 11.4 Å². The van der Waals surface area contributed by atoms with Crippen LogP contribution in [-0.2, 0) is 11.8 Å². The third-order valence-electron chi connectivity index (χ3n) is 6.72. The first-order chi connectivity index (χ1) is 13.2. The normalized spacial score (nSPS) is 19.5. The second-order valence-corrected chi connectivity index (χ2v) is 8.02. The quantitative estimate of drug-likeness (QED) is 0.556. The number of likely N-dealkylation sites (N-methyl/N-ethyl adjacent to an activating group) is 1. The lowest BCUT2D eigenvalue weighted by Crippen LogP contribution is -2.36. The van der Waals surface area contributed by atoms with E-state index in [1.165, 1.54) is 41.0 Å². The Kier molecular flexibility index (Phi) is 4.75. The molecule has 4 rings (SSSR count). The van der Waals surface area contributed by atoms with E-state index in [1.54, 1.807) is 0 Å². The van der Waals surface area contributed by atoms with Crippen molar-refractivity contribution in [3.8, 4) is 0 Å². The van der Waals surface area contributed by atoms with Crippen LogP contribution in [-0.4, -0.2) is 13.2 Å². The van der Waals surface area contributed by atoms with Gasteiger partial charge in [-0.1, -0.05) is 63.6 Å². The molecule has 2 heterocycles. The Hall–Kier alpha value is -2.22. The number of hydrogen-bond acceptors (Lipinski definition) is 2. The zero-order valence-electron chi connectivity index (χ0n) is 17.2. The Bertz CT molecular complexity index is 847. The molecule has 0 bridgehead atoms. The molecule has 0 saturated heterocycles. The standard InChI is InChI=1S/C25H32N2/c1-5-8-12-19-13-11-16-22-24(19)26(4)23-17-18-25(6-2,7-3)20-14-9-10-15-21(20)27(22)23/h9-11,13-18,23H,5-8,12H2,1-4H3. The number of unbranched alkanes of at least 4 members (excludes halogenated alkanes) is 1. The average molecular weight is 361 g/mol. The summed E-state index contributed by atoms with van der Waals surface area (Å²) in [6.45, 7) is 6.91. The fraction of sp³-hybridized carbons (Fsp3) is 0.440. The SMILES string of the molecule is CCCCc1cccc2c1N(C)C1C=CC(CC)(CC)c3ccccc3N21. The number of para-hydroxylation sites is 2. The Morgan fingerprint density at radius 3 is 2.41 bits per heavy atom. The molecule has 1 unspecified atom stereocenters. The van der Waals surface area contributed by atoms with Gasteiger partial charge in [0.2, 0.25) is 0 Å². The van der Waals surface area contributed by atoms with Crippen LogP contribution in [0.3, 0.4) is 0 Å². The van der Waals surface area contributed by atoms with E-state index >= 15 is 0 Å². The number of hydrogen-bond donors (Lipinski definition) is 0. The topological polar surface area (TPSA) is 6.48 Å². The monoisotopic (exact) mass is 360 g/mol. The van der Waals surface area contributed by atoms with E-state index in [4.69, 9.17) is 0 Å². The van der Waals surface area contributed by atoms with Crippen molar-refractivity contribution in [3.63, 3.8) is 0 Å². The molecule has 2 aromatic rings. The summed E-state index contributed by atoms with van der Waals surface area (Å²) in [6.07, 6.45) is 11.1. The van der Waals surface area contributed by atoms with Crippen LogP contribution in [0.1, 0.15) is 57.6 Å². The zero-order valence-corrected chi connectivity index (χ0v) is 17.2. The van der Waals surface area contributed by atoms with Gasteiger partial charge in [-0.25, -0.2) is 0 Å². The maximum atomic E-state index is 2.56. The van der Waals surface area contributed by atoms with Gasteiger partial charge >= 0.3 is 0 Å². The Morgan fingerprint density at radius 1 is 0.926 bits per heavy atom. The van der Waals surface area contributed by atoms with Crippen molar-refractivity contribution in [2.75, 3.05) is 16.8 Å². The van der Waals surface area contributed by atoms with Crippen LogP contribution in [0, 0.1) is 0 Å². The van der Waals surface area contributed by atoms with Crippen LogP contribution in [0.4, 0.5) is 17.1 Å². The van der Waals surface area contributed by atoms with E-state index in [9.17, 15) is 0 Å². The molecule has 1 atom stereocenters. The van der Waals surface area contributed by atoms with E-state index in [0.29, 0.717) is 0 Å². The molecule has 0 amide bonds. The summed E-state index contributed by atoms with van der Waals surface area (Å²) in [5.74, 6) is 0. The lowest BCUT2D eigenvalue weighted by atomic mass is 9.75. The fourth-order valence-corrected chi connectivity index (χ4v) is 5.02. The van der Waals surface area contributed by atoms with Gasteiger partial charge in [0.1, 0.15) is 6.17 Å². The zero-order chi connectivity index (χ0) is 19.0. The fourth-order valence-electron chi connectivity index (χ4n) is 5.02. The number of aryl methyl sites for hydroxylation is 1. The highest BCUT2D eigenvalue weighted by Crippen LogP contribution is 2.51. The summed E-state index contributed by atoms with van der Waals surface area (Å²) in [6, 6.07) is 15.9. The molecule has 2 aromatic carbocycles. The number of anilines is 3. The lowest BCUT2D eigenvalue weighted by molar-refractivity contribution is 0.499. The van der Waals surface area contributed by atoms with E-state index in [2.05, 4.69) is 92.2 Å². The summed E-state index contributed by atoms with van der Waals surface area (Å²) in [5, 5.41) is 0. The van der Waals surface area contributed by atoms with Crippen LogP contribution in [0.2, 0.25) is 0 Å². The van der Waals surface area contributed by atoms with Crippen molar-refractivity contribution in [1.29, 1.82) is 0 Å². The highest BCUT2D eigenvalue weighted by molar-refractivity contribution is 5.88. The van der Waals surface area contributed by atoms with Gasteiger partial charge in [-0.15, -0.1) is 0 Å². The highest BCUT2D eigenvalue weighted by atomic mass is 15.4. The van der Waals surface area contributed by atoms with Crippen molar-refractivity contribution >= 4 is 17.1 Å². The summed E-state index contributed by atoms with van der Waals surface area (Å²) >= 11 is 0. The first kappa shape index (κ1) is 18.2. The van der Waals surface area contributed by atoms with Gasteiger partial charge in [-0.2, -0.15) is 0 Å². The van der Waals surface area contributed by atoms with Gasteiger partial charge in [-0.3, -0.25) is 0 Å². The highest BCUT2D eigenvalue weighted by Gasteiger charge is 2.40. The predicted molar refractivity (Wildman–Crippen MR) is 117 cm³/mol. The van der Waals surface area contributed by atoms with E-state index in [-0.39, 0.29) is 11.6 Å². The van der Waals surface area contributed by atoms with Gasteiger partial charge < -0.3 is 9.80 Å². The van der Waals surface area contributed by atoms with Gasteiger partial charge in [0.15, 0.2) is 0 Å². The molecule has 0 spiro atoms. The molecule has 0 aromatic heterocycles. The first-order valence-corrected chi connectivity index (χ1v) is 10.6. The average Bonchev–Trinajstić information content (AvgIpc) is 2.91. The minimum absolute atomic E-state index is 0.127. The molecule has 2 aliphatic heterocycles. The van der Waals surface area contributed by atoms with Crippen molar-refractivity contribution in [3.05, 3.63) is 65.7 Å². The van der Waals surface area contributed by atoms with Gasteiger partial charge in [-0.05, 0) is 55.0 Å². The number of nitrogens with zero attached hydrogens (tertiary/aromatic N) is 2. The Labute approximate surface area is 164 Å². The summed E-state index contributed by atoms with van der Waals surface area (Å²) in [7, 11) is 2.26. The van der Waals surface area contributed by atoms with Crippen LogP contribution < -0.4 is 9.80 Å². The molecule has 2 aliphatic rings. The minimum atomic E-state index is 0.127. The van der Waals surface area contributed by atoms with E-state index < -0.39 is 0 Å². The summed E-state index contributed by atoms with van der Waals surface area (Å²) < 4.78 is 0. The Balaban J connectivity index is 1.91. The smallest absolute Gasteiger partial charge is 0.125 e. The molecule has 0 saturated carbocycles. The molecule has 0 radical (unpaired) electrons. The van der Waals surface area contributed by atoms with Gasteiger partial charge in [0, 0.05) is 18.2 Å². The van der Waals surface area contributed by atoms with Crippen molar-refractivity contribution in [2.45, 2.75) is 64.5 Å². The lowest BCUT2D eigenvalue weighted by Gasteiger charge is -2.32. The molecule has 27 heavy (non-hydrogen) atoms. The van der Waals surface area contributed by atoms with E-state index in [0.717, 1.165) is 19.3 Å². The second kappa shape index (κ2) is 7.07. The van der Waals surface area contributed by atoms with Crippen molar-refractivity contribution in [2.24, 2.45) is 0 Å². The number of allylic oxidation sites excluding steroid dienone is 1. The van der Waals surface area contributed by atoms with Crippen LogP contribution >= 0.6 is 0 Å². The number of fused-ring (bicyclic) bond motifs is 5. The number of benzene rings is 2. The van der Waals surface area contributed by atoms with Crippen LogP contribution in [0.25, 0.3) is 0 Å². The van der Waals surface area contributed by atoms with E-state index in [1.807, 2.05) is 0 Å². The predicted octanol–water partition coefficient (Wildman–Crippen LogP) is 6.57. The number of rotatable bonds is 5. The maximum Gasteiger partial charge on any atom is 0.125 e. The maximum absolute atomic E-state index is 2.56. The summed E-state index contributed by atoms with van der Waals surface area (Å²) in [4.78, 5) is 5.04. The largest absolute Gasteiger partial charge is 0.349 e. The molecule has 142 valence electrons. The van der Waals surface area contributed by atoms with Crippen molar-refractivity contribution < 1.29 is 0 Å². The van der Waals surface area contributed by atoms with Crippen LogP contribution in [0.5, 0.6) is 0 Å². The van der Waals surface area contributed by atoms with Crippen molar-refractivity contribution in [1.82, 2.24) is 0 Å².